The fourth-order valence-corrected chi connectivity index (χ4v) is 2.80. The number of hydrogen-bond donors (Lipinski definition) is 1. The number of benzene rings is 2. The van der Waals surface area contributed by atoms with Gasteiger partial charge in [-0.25, -0.2) is 4.39 Å². The number of amides is 2. The predicted octanol–water partition coefficient (Wildman–Crippen LogP) is 2.76. The number of rotatable bonds is 4. The normalized spacial score (nSPS) is 15.0. The summed E-state index contributed by atoms with van der Waals surface area (Å²) < 4.78 is 19.5. The molecule has 1 atom stereocenters. The van der Waals surface area contributed by atoms with Crippen LogP contribution < -0.4 is 15.0 Å². The van der Waals surface area contributed by atoms with Crippen molar-refractivity contribution in [3.8, 4) is 5.75 Å². The van der Waals surface area contributed by atoms with Gasteiger partial charge in [0.2, 0.25) is 0 Å². The summed E-state index contributed by atoms with van der Waals surface area (Å²) in [5.74, 6) is -0.981. The molecule has 130 valence electrons. The zero-order chi connectivity index (χ0) is 17.8. The minimum absolute atomic E-state index is 0.0417. The van der Waals surface area contributed by atoms with E-state index in [0.29, 0.717) is 30.8 Å². The monoisotopic (exact) mass is 342 g/mol. The van der Waals surface area contributed by atoms with Crippen LogP contribution in [0.25, 0.3) is 0 Å². The van der Waals surface area contributed by atoms with Crippen LogP contribution in [0.2, 0.25) is 0 Å². The van der Waals surface area contributed by atoms with Gasteiger partial charge in [-0.3, -0.25) is 9.59 Å². The van der Waals surface area contributed by atoms with E-state index in [2.05, 4.69) is 5.32 Å². The Hall–Kier alpha value is -2.89. The molecule has 2 amide bonds. The van der Waals surface area contributed by atoms with E-state index in [1.165, 1.54) is 17.0 Å². The highest BCUT2D eigenvalue weighted by atomic mass is 19.1. The molecule has 0 aromatic heterocycles. The Balaban J connectivity index is 1.89. The summed E-state index contributed by atoms with van der Waals surface area (Å²) in [5, 5.41) is 2.77. The number of anilines is 1. The minimum atomic E-state index is -0.835. The first-order valence-electron chi connectivity index (χ1n) is 8.21. The van der Waals surface area contributed by atoms with E-state index >= 15 is 0 Å². The number of para-hydroxylation sites is 2. The van der Waals surface area contributed by atoms with Crippen LogP contribution in [0.1, 0.15) is 23.7 Å². The lowest BCUT2D eigenvalue weighted by molar-refractivity contribution is -0.125. The van der Waals surface area contributed by atoms with Crippen LogP contribution >= 0.6 is 0 Å². The molecule has 0 radical (unpaired) electrons. The smallest absolute Gasteiger partial charge is 0.268 e. The number of carbonyl (C=O) groups excluding carboxylic acids is 2. The van der Waals surface area contributed by atoms with E-state index in [1.807, 2.05) is 0 Å². The van der Waals surface area contributed by atoms with Gasteiger partial charge in [-0.2, -0.15) is 0 Å². The van der Waals surface area contributed by atoms with Crippen molar-refractivity contribution in [1.29, 1.82) is 0 Å². The first-order chi connectivity index (χ1) is 12.1. The Kier molecular flexibility index (Phi) is 4.97. The Morgan fingerprint density at radius 3 is 2.72 bits per heavy atom. The first kappa shape index (κ1) is 17.0. The Bertz CT molecular complexity index is 794. The van der Waals surface area contributed by atoms with Crippen molar-refractivity contribution in [1.82, 2.24) is 5.32 Å². The predicted molar refractivity (Wildman–Crippen MR) is 92.2 cm³/mol. The summed E-state index contributed by atoms with van der Waals surface area (Å²) in [5.41, 5.74) is 0.979. The zero-order valence-corrected chi connectivity index (χ0v) is 13.9. The molecule has 0 saturated carbocycles. The molecule has 0 bridgehead atoms. The van der Waals surface area contributed by atoms with Gasteiger partial charge >= 0.3 is 0 Å². The molecule has 1 heterocycles. The summed E-state index contributed by atoms with van der Waals surface area (Å²) in [7, 11) is 0. The zero-order valence-electron chi connectivity index (χ0n) is 13.9. The molecular weight excluding hydrogens is 323 g/mol. The Morgan fingerprint density at radius 2 is 1.96 bits per heavy atom. The van der Waals surface area contributed by atoms with Gasteiger partial charge < -0.3 is 15.0 Å². The number of ether oxygens (including phenoxy) is 1. The average molecular weight is 342 g/mol. The van der Waals surface area contributed by atoms with Crippen molar-refractivity contribution < 1.29 is 18.7 Å². The summed E-state index contributed by atoms with van der Waals surface area (Å²) in [6.07, 6.45) is -0.453. The van der Waals surface area contributed by atoms with Crippen LogP contribution in [-0.2, 0) is 4.79 Å². The summed E-state index contributed by atoms with van der Waals surface area (Å²) in [6, 6.07) is 12.9. The van der Waals surface area contributed by atoms with Gasteiger partial charge in [-0.1, -0.05) is 31.2 Å². The van der Waals surface area contributed by atoms with E-state index in [1.54, 1.807) is 43.3 Å². The Labute approximate surface area is 145 Å². The lowest BCUT2D eigenvalue weighted by atomic mass is 10.1. The maximum atomic E-state index is 13.8. The van der Waals surface area contributed by atoms with Crippen molar-refractivity contribution in [2.75, 3.05) is 18.0 Å². The molecule has 2 aromatic rings. The highest BCUT2D eigenvalue weighted by molar-refractivity contribution is 6.06. The van der Waals surface area contributed by atoms with Gasteiger partial charge in [0, 0.05) is 13.1 Å². The average Bonchev–Trinajstić information content (AvgIpc) is 2.80. The molecular formula is C19H19FN2O3. The number of halogens is 1. The van der Waals surface area contributed by atoms with Gasteiger partial charge in [0.05, 0.1) is 11.3 Å². The van der Waals surface area contributed by atoms with Crippen LogP contribution in [0, 0.1) is 5.82 Å². The van der Waals surface area contributed by atoms with Crippen molar-refractivity contribution in [2.24, 2.45) is 0 Å². The molecule has 0 saturated heterocycles. The fraction of sp³-hybridized carbons (Fsp3) is 0.263. The van der Waals surface area contributed by atoms with Crippen LogP contribution in [0.3, 0.4) is 0 Å². The topological polar surface area (TPSA) is 58.6 Å². The van der Waals surface area contributed by atoms with Gasteiger partial charge in [0.1, 0.15) is 0 Å². The molecule has 2 aromatic carbocycles. The third-order valence-corrected chi connectivity index (χ3v) is 4.08. The SMILES string of the molecule is CC[C@@H](Oc1ccccc1F)C(=O)N1CCNC(=O)c2ccccc21. The quantitative estimate of drug-likeness (QED) is 0.929. The van der Waals surface area contributed by atoms with E-state index in [-0.39, 0.29) is 17.6 Å². The van der Waals surface area contributed by atoms with Crippen molar-refractivity contribution in [2.45, 2.75) is 19.4 Å². The van der Waals surface area contributed by atoms with Crippen molar-refractivity contribution >= 4 is 17.5 Å². The molecule has 3 rings (SSSR count). The fourth-order valence-electron chi connectivity index (χ4n) is 2.80. The second kappa shape index (κ2) is 7.34. The third kappa shape index (κ3) is 3.47. The number of fused-ring (bicyclic) bond motifs is 1. The third-order valence-electron chi connectivity index (χ3n) is 4.08. The van der Waals surface area contributed by atoms with Gasteiger partial charge in [-0.05, 0) is 30.7 Å². The highest BCUT2D eigenvalue weighted by Crippen LogP contribution is 2.25. The second-order valence-corrected chi connectivity index (χ2v) is 5.71. The molecule has 1 aliphatic rings. The number of carbonyl (C=O) groups is 2. The van der Waals surface area contributed by atoms with E-state index in [4.69, 9.17) is 4.74 Å². The second-order valence-electron chi connectivity index (χ2n) is 5.71. The van der Waals surface area contributed by atoms with E-state index in [9.17, 15) is 14.0 Å². The lowest BCUT2D eigenvalue weighted by Gasteiger charge is -2.27. The standard InChI is InChI=1S/C19H19FN2O3/c1-2-16(25-17-10-6-4-8-14(17)20)19(24)22-12-11-21-18(23)13-7-3-5-9-15(13)22/h3-10,16H,2,11-12H2,1H3,(H,21,23)/t16-/m1/s1. The first-order valence-corrected chi connectivity index (χ1v) is 8.21. The molecule has 25 heavy (non-hydrogen) atoms. The maximum Gasteiger partial charge on any atom is 0.268 e. The van der Waals surface area contributed by atoms with Crippen LogP contribution in [0.5, 0.6) is 5.75 Å². The molecule has 1 N–H and O–H groups in total. The molecule has 0 fully saturated rings. The number of hydrogen-bond acceptors (Lipinski definition) is 3. The van der Waals surface area contributed by atoms with Crippen LogP contribution in [-0.4, -0.2) is 31.0 Å². The lowest BCUT2D eigenvalue weighted by Crippen LogP contribution is -2.44. The molecule has 0 unspecified atom stereocenters. The molecule has 1 aliphatic heterocycles. The summed E-state index contributed by atoms with van der Waals surface area (Å²) >= 11 is 0. The summed E-state index contributed by atoms with van der Waals surface area (Å²) in [4.78, 5) is 26.7. The minimum Gasteiger partial charge on any atom is -0.478 e. The summed E-state index contributed by atoms with van der Waals surface area (Å²) in [6.45, 7) is 2.48. The maximum absolute atomic E-state index is 13.8. The molecule has 5 nitrogen and oxygen atoms in total. The van der Waals surface area contributed by atoms with E-state index < -0.39 is 11.9 Å². The van der Waals surface area contributed by atoms with Crippen molar-refractivity contribution in [3.63, 3.8) is 0 Å². The molecule has 6 heteroatoms. The van der Waals surface area contributed by atoms with Gasteiger partial charge in [0.25, 0.3) is 11.8 Å². The van der Waals surface area contributed by atoms with Crippen LogP contribution in [0.4, 0.5) is 10.1 Å². The highest BCUT2D eigenvalue weighted by Gasteiger charge is 2.30. The number of nitrogens with one attached hydrogen (secondary N) is 1. The Morgan fingerprint density at radius 1 is 1.24 bits per heavy atom. The van der Waals surface area contributed by atoms with Gasteiger partial charge in [-0.15, -0.1) is 0 Å². The number of nitrogens with zero attached hydrogens (tertiary/aromatic N) is 1. The molecule has 0 spiro atoms. The van der Waals surface area contributed by atoms with Crippen LogP contribution in [0.15, 0.2) is 48.5 Å². The van der Waals surface area contributed by atoms with E-state index in [0.717, 1.165) is 0 Å². The van der Waals surface area contributed by atoms with Crippen molar-refractivity contribution in [3.05, 3.63) is 59.9 Å². The van der Waals surface area contributed by atoms with Gasteiger partial charge in [0.15, 0.2) is 17.7 Å². The molecule has 0 aliphatic carbocycles. The largest absolute Gasteiger partial charge is 0.478 e.